The second-order valence-corrected chi connectivity index (χ2v) is 4.46. The zero-order valence-corrected chi connectivity index (χ0v) is 11.2. The topological polar surface area (TPSA) is 55.4 Å². The summed E-state index contributed by atoms with van der Waals surface area (Å²) in [7, 11) is 1.13. The van der Waals surface area contributed by atoms with Crippen LogP contribution in [0.1, 0.15) is 24.2 Å². The molecule has 1 rings (SSSR count). The van der Waals surface area contributed by atoms with Crippen LogP contribution in [0.25, 0.3) is 0 Å². The van der Waals surface area contributed by atoms with Gasteiger partial charge in [-0.3, -0.25) is 4.79 Å². The number of ether oxygens (including phenoxy) is 1. The Morgan fingerprint density at radius 3 is 2.05 bits per heavy atom. The average Bonchev–Trinajstić information content (AvgIpc) is 2.33. The highest BCUT2D eigenvalue weighted by Gasteiger charge is 2.28. The molecule has 1 aromatic carbocycles. The number of nitrogens with one attached hydrogen (secondary N) is 1. The smallest absolute Gasteiger partial charge is 0.328 e. The van der Waals surface area contributed by atoms with E-state index < -0.39 is 40.9 Å². The van der Waals surface area contributed by atoms with E-state index >= 15 is 0 Å². The van der Waals surface area contributed by atoms with E-state index in [0.29, 0.717) is 12.1 Å². The summed E-state index contributed by atoms with van der Waals surface area (Å²) in [6, 6.07) is -0.280. The minimum Gasteiger partial charge on any atom is -0.467 e. The Kier molecular flexibility index (Phi) is 5.12. The van der Waals surface area contributed by atoms with Crippen LogP contribution < -0.4 is 5.32 Å². The van der Waals surface area contributed by atoms with Gasteiger partial charge in [-0.2, -0.15) is 0 Å². The van der Waals surface area contributed by atoms with Crippen LogP contribution in [-0.2, 0) is 9.53 Å². The van der Waals surface area contributed by atoms with Gasteiger partial charge in [0.1, 0.15) is 29.1 Å². The van der Waals surface area contributed by atoms with Crippen LogP contribution in [0.2, 0.25) is 0 Å². The van der Waals surface area contributed by atoms with Crippen LogP contribution >= 0.6 is 0 Å². The van der Waals surface area contributed by atoms with Crippen molar-refractivity contribution >= 4 is 11.9 Å². The van der Waals surface area contributed by atoms with Crippen LogP contribution in [0.3, 0.4) is 0 Å². The highest BCUT2D eigenvalue weighted by atomic mass is 19.1. The summed E-state index contributed by atoms with van der Waals surface area (Å²) in [4.78, 5) is 23.3. The molecular weight excluding hydrogens is 275 g/mol. The predicted octanol–water partition coefficient (Wildman–Crippen LogP) is 2.03. The van der Waals surface area contributed by atoms with Crippen molar-refractivity contribution in [3.05, 3.63) is 35.1 Å². The zero-order valence-electron chi connectivity index (χ0n) is 11.2. The standard InChI is InChI=1S/C13H14F3NO3/c1-6(2)11(13(19)20-3)17-12(18)10-8(15)4-7(14)5-9(10)16/h4-6,11H,1-3H3,(H,17,18). The average molecular weight is 289 g/mol. The Morgan fingerprint density at radius 1 is 1.15 bits per heavy atom. The Bertz CT molecular complexity index is 509. The van der Waals surface area contributed by atoms with Crippen molar-refractivity contribution < 1.29 is 27.5 Å². The maximum Gasteiger partial charge on any atom is 0.328 e. The molecule has 0 spiro atoms. The van der Waals surface area contributed by atoms with Crippen molar-refractivity contribution in [2.75, 3.05) is 7.11 Å². The molecule has 20 heavy (non-hydrogen) atoms. The van der Waals surface area contributed by atoms with Crippen molar-refractivity contribution in [2.24, 2.45) is 5.92 Å². The van der Waals surface area contributed by atoms with Gasteiger partial charge in [0, 0.05) is 12.1 Å². The van der Waals surface area contributed by atoms with Crippen molar-refractivity contribution in [1.29, 1.82) is 0 Å². The molecular formula is C13H14F3NO3. The minimum atomic E-state index is -1.34. The molecule has 1 aromatic rings. The van der Waals surface area contributed by atoms with E-state index in [1.165, 1.54) is 0 Å². The highest BCUT2D eigenvalue weighted by molar-refractivity contribution is 5.97. The monoisotopic (exact) mass is 289 g/mol. The normalized spacial score (nSPS) is 12.2. The molecule has 1 atom stereocenters. The van der Waals surface area contributed by atoms with Crippen LogP contribution in [-0.4, -0.2) is 25.0 Å². The second-order valence-electron chi connectivity index (χ2n) is 4.46. The first-order valence-electron chi connectivity index (χ1n) is 5.81. The van der Waals surface area contributed by atoms with Crippen molar-refractivity contribution in [3.8, 4) is 0 Å². The number of hydrogen-bond donors (Lipinski definition) is 1. The van der Waals surface area contributed by atoms with Gasteiger partial charge in [-0.05, 0) is 5.92 Å². The second kappa shape index (κ2) is 6.40. The van der Waals surface area contributed by atoms with Gasteiger partial charge in [-0.15, -0.1) is 0 Å². The minimum absolute atomic E-state index is 0.349. The highest BCUT2D eigenvalue weighted by Crippen LogP contribution is 2.15. The van der Waals surface area contributed by atoms with E-state index in [9.17, 15) is 22.8 Å². The summed E-state index contributed by atoms with van der Waals surface area (Å²) in [5.74, 6) is -6.05. The first-order chi connectivity index (χ1) is 9.27. The molecule has 0 aliphatic rings. The molecule has 0 saturated carbocycles. The Morgan fingerprint density at radius 2 is 1.65 bits per heavy atom. The van der Waals surface area contributed by atoms with E-state index in [1.54, 1.807) is 13.8 Å². The lowest BCUT2D eigenvalue weighted by Crippen LogP contribution is -2.45. The molecule has 0 bridgehead atoms. The summed E-state index contributed by atoms with van der Waals surface area (Å²) >= 11 is 0. The quantitative estimate of drug-likeness (QED) is 0.863. The summed E-state index contributed by atoms with van der Waals surface area (Å²) in [5, 5.41) is 2.17. The zero-order chi connectivity index (χ0) is 15.4. The van der Waals surface area contributed by atoms with Crippen LogP contribution in [0.4, 0.5) is 13.2 Å². The maximum absolute atomic E-state index is 13.4. The van der Waals surface area contributed by atoms with Gasteiger partial charge in [0.15, 0.2) is 0 Å². The third-order valence-electron chi connectivity index (χ3n) is 2.64. The van der Waals surface area contributed by atoms with Gasteiger partial charge in [-0.25, -0.2) is 18.0 Å². The number of carbonyl (C=O) groups is 2. The molecule has 0 saturated heterocycles. The Labute approximate surface area is 113 Å². The summed E-state index contributed by atoms with van der Waals surface area (Å²) in [6.45, 7) is 3.25. The first-order valence-corrected chi connectivity index (χ1v) is 5.81. The van der Waals surface area contributed by atoms with Crippen molar-refractivity contribution in [2.45, 2.75) is 19.9 Å². The number of esters is 1. The third kappa shape index (κ3) is 3.49. The number of halogens is 3. The summed E-state index contributed by atoms with van der Waals surface area (Å²) in [5.41, 5.74) is -0.944. The molecule has 0 aromatic heterocycles. The lowest BCUT2D eigenvalue weighted by Gasteiger charge is -2.20. The summed E-state index contributed by atoms with van der Waals surface area (Å²) in [6.07, 6.45) is 0. The summed E-state index contributed by atoms with van der Waals surface area (Å²) < 4.78 is 44.1. The molecule has 0 aliphatic heterocycles. The molecule has 1 unspecified atom stereocenters. The number of rotatable bonds is 4. The van der Waals surface area contributed by atoms with E-state index in [4.69, 9.17) is 0 Å². The Balaban J connectivity index is 3.04. The van der Waals surface area contributed by atoms with Crippen molar-refractivity contribution in [3.63, 3.8) is 0 Å². The van der Waals surface area contributed by atoms with Gasteiger partial charge in [-0.1, -0.05) is 13.8 Å². The van der Waals surface area contributed by atoms with Crippen LogP contribution in [0.5, 0.6) is 0 Å². The first kappa shape index (κ1) is 16.0. The van der Waals surface area contributed by atoms with Gasteiger partial charge in [0.2, 0.25) is 0 Å². The van der Waals surface area contributed by atoms with Gasteiger partial charge < -0.3 is 10.1 Å². The van der Waals surface area contributed by atoms with Crippen molar-refractivity contribution in [1.82, 2.24) is 5.32 Å². The molecule has 110 valence electrons. The van der Waals surface area contributed by atoms with E-state index in [1.807, 2.05) is 0 Å². The van der Waals surface area contributed by atoms with E-state index in [2.05, 4.69) is 10.1 Å². The van der Waals surface area contributed by atoms with Crippen LogP contribution in [0.15, 0.2) is 12.1 Å². The molecule has 0 heterocycles. The predicted molar refractivity (Wildman–Crippen MR) is 64.4 cm³/mol. The fourth-order valence-electron chi connectivity index (χ4n) is 1.60. The molecule has 0 aliphatic carbocycles. The third-order valence-corrected chi connectivity index (χ3v) is 2.64. The molecule has 1 N–H and O–H groups in total. The van der Waals surface area contributed by atoms with E-state index in [-0.39, 0.29) is 5.92 Å². The van der Waals surface area contributed by atoms with Gasteiger partial charge >= 0.3 is 5.97 Å². The van der Waals surface area contributed by atoms with Gasteiger partial charge in [0.05, 0.1) is 7.11 Å². The number of hydrogen-bond acceptors (Lipinski definition) is 3. The molecule has 0 radical (unpaired) electrons. The lowest BCUT2D eigenvalue weighted by atomic mass is 10.0. The number of benzene rings is 1. The van der Waals surface area contributed by atoms with E-state index in [0.717, 1.165) is 7.11 Å². The number of methoxy groups -OCH3 is 1. The van der Waals surface area contributed by atoms with Gasteiger partial charge in [0.25, 0.3) is 5.91 Å². The fraction of sp³-hybridized carbons (Fsp3) is 0.385. The fourth-order valence-corrected chi connectivity index (χ4v) is 1.60. The number of carbonyl (C=O) groups excluding carboxylic acids is 2. The maximum atomic E-state index is 13.4. The molecule has 4 nitrogen and oxygen atoms in total. The lowest BCUT2D eigenvalue weighted by molar-refractivity contribution is -0.144. The molecule has 1 amide bonds. The number of amides is 1. The largest absolute Gasteiger partial charge is 0.467 e. The van der Waals surface area contributed by atoms with Crippen LogP contribution in [0, 0.1) is 23.4 Å². The molecule has 0 fully saturated rings. The SMILES string of the molecule is COC(=O)C(NC(=O)c1c(F)cc(F)cc1F)C(C)C. The Hall–Kier alpha value is -2.05. The molecule has 7 heteroatoms.